The maximum absolute atomic E-state index is 11.6. The van der Waals surface area contributed by atoms with E-state index in [0.29, 0.717) is 19.5 Å². The Morgan fingerprint density at radius 1 is 1.35 bits per heavy atom. The van der Waals surface area contributed by atoms with Crippen LogP contribution in [0.5, 0.6) is 0 Å². The van der Waals surface area contributed by atoms with Gasteiger partial charge in [-0.15, -0.1) is 11.8 Å². The molecule has 0 saturated heterocycles. The summed E-state index contributed by atoms with van der Waals surface area (Å²) in [6.45, 7) is 1.27. The quantitative estimate of drug-likeness (QED) is 0.632. The number of carbonyl (C=O) groups is 1. The van der Waals surface area contributed by atoms with Crippen LogP contribution >= 0.6 is 23.4 Å². The highest BCUT2D eigenvalue weighted by molar-refractivity contribution is 7.99. The normalized spacial score (nSPS) is 10.4. The number of nitrogens with zero attached hydrogens (tertiary/aromatic N) is 2. The van der Waals surface area contributed by atoms with Gasteiger partial charge in [-0.2, -0.15) is 5.10 Å². The lowest BCUT2D eigenvalue weighted by molar-refractivity contribution is -0.121. The molecule has 0 saturated carbocycles. The van der Waals surface area contributed by atoms with Gasteiger partial charge in [-0.05, 0) is 30.3 Å². The molecule has 2 rings (SSSR count). The molecule has 0 atom stereocenters. The van der Waals surface area contributed by atoms with Gasteiger partial charge in [0.2, 0.25) is 5.91 Å². The van der Waals surface area contributed by atoms with Crippen LogP contribution in [0.1, 0.15) is 6.42 Å². The number of hydrogen-bond donors (Lipinski definition) is 1. The second-order valence-electron chi connectivity index (χ2n) is 4.17. The molecule has 2 aromatic rings. The van der Waals surface area contributed by atoms with Crippen LogP contribution in [0.4, 0.5) is 0 Å². The molecule has 0 aliphatic heterocycles. The summed E-state index contributed by atoms with van der Waals surface area (Å²) in [6.07, 6.45) is 4.01. The molecule has 4 nitrogen and oxygen atoms in total. The lowest BCUT2D eigenvalue weighted by Gasteiger charge is -2.05. The van der Waals surface area contributed by atoms with E-state index in [4.69, 9.17) is 11.6 Å². The first-order valence-electron chi connectivity index (χ1n) is 6.36. The zero-order chi connectivity index (χ0) is 14.2. The average molecular weight is 310 g/mol. The molecule has 0 bridgehead atoms. The predicted octanol–water partition coefficient (Wildman–Crippen LogP) is 2.84. The number of hydrogen-bond acceptors (Lipinski definition) is 3. The second-order valence-corrected chi connectivity index (χ2v) is 5.78. The third kappa shape index (κ3) is 5.27. The van der Waals surface area contributed by atoms with Crippen LogP contribution in [0.15, 0.2) is 47.6 Å². The van der Waals surface area contributed by atoms with E-state index in [1.807, 2.05) is 36.5 Å². The fraction of sp³-hybridized carbons (Fsp3) is 0.286. The first-order chi connectivity index (χ1) is 9.74. The molecule has 0 fully saturated rings. The van der Waals surface area contributed by atoms with E-state index >= 15 is 0 Å². The molecular weight excluding hydrogens is 294 g/mol. The van der Waals surface area contributed by atoms with E-state index in [1.54, 1.807) is 22.6 Å². The van der Waals surface area contributed by atoms with Gasteiger partial charge in [0.15, 0.2) is 0 Å². The number of nitrogens with one attached hydrogen (secondary N) is 1. The maximum Gasteiger partial charge on any atom is 0.221 e. The number of carbonyl (C=O) groups excluding carboxylic acids is 1. The predicted molar refractivity (Wildman–Crippen MR) is 82.0 cm³/mol. The van der Waals surface area contributed by atoms with Crippen LogP contribution in [-0.4, -0.2) is 28.0 Å². The summed E-state index contributed by atoms with van der Waals surface area (Å²) in [6, 6.07) is 9.54. The average Bonchev–Trinajstić information content (AvgIpc) is 2.96. The molecule has 106 valence electrons. The Morgan fingerprint density at radius 3 is 2.85 bits per heavy atom. The SMILES string of the molecule is O=C(CCn1cccn1)NCCSc1ccc(Cl)cc1. The summed E-state index contributed by atoms with van der Waals surface area (Å²) in [5.41, 5.74) is 0. The number of benzene rings is 1. The highest BCUT2D eigenvalue weighted by Gasteiger charge is 2.01. The van der Waals surface area contributed by atoms with Crippen molar-refractivity contribution in [3.05, 3.63) is 47.7 Å². The molecular formula is C14H16ClN3OS. The summed E-state index contributed by atoms with van der Waals surface area (Å²) in [5, 5.41) is 7.69. The van der Waals surface area contributed by atoms with Gasteiger partial charge < -0.3 is 5.32 Å². The van der Waals surface area contributed by atoms with E-state index in [0.717, 1.165) is 15.7 Å². The molecule has 1 aromatic carbocycles. The number of rotatable bonds is 7. The van der Waals surface area contributed by atoms with E-state index < -0.39 is 0 Å². The summed E-state index contributed by atoms with van der Waals surface area (Å²) < 4.78 is 1.75. The molecule has 1 aromatic heterocycles. The van der Waals surface area contributed by atoms with Crippen LogP contribution in [-0.2, 0) is 11.3 Å². The van der Waals surface area contributed by atoms with Gasteiger partial charge in [-0.1, -0.05) is 11.6 Å². The van der Waals surface area contributed by atoms with Gasteiger partial charge in [-0.3, -0.25) is 9.48 Å². The van der Waals surface area contributed by atoms with Crippen LogP contribution in [0.25, 0.3) is 0 Å². The van der Waals surface area contributed by atoms with Crippen molar-refractivity contribution in [3.8, 4) is 0 Å². The molecule has 0 unspecified atom stereocenters. The van der Waals surface area contributed by atoms with Gasteiger partial charge >= 0.3 is 0 Å². The van der Waals surface area contributed by atoms with Crippen molar-refractivity contribution in [1.29, 1.82) is 0 Å². The smallest absolute Gasteiger partial charge is 0.221 e. The van der Waals surface area contributed by atoms with Crippen LogP contribution in [0.2, 0.25) is 5.02 Å². The van der Waals surface area contributed by atoms with Crippen LogP contribution < -0.4 is 5.32 Å². The van der Waals surface area contributed by atoms with Gasteiger partial charge in [0.1, 0.15) is 0 Å². The molecule has 0 aliphatic rings. The topological polar surface area (TPSA) is 46.9 Å². The number of halogens is 1. The zero-order valence-corrected chi connectivity index (χ0v) is 12.5. The van der Waals surface area contributed by atoms with E-state index in [2.05, 4.69) is 10.4 Å². The number of amides is 1. The van der Waals surface area contributed by atoms with E-state index in [1.165, 1.54) is 0 Å². The zero-order valence-electron chi connectivity index (χ0n) is 11.0. The Bertz CT molecular complexity index is 528. The van der Waals surface area contributed by atoms with E-state index in [-0.39, 0.29) is 5.91 Å². The fourth-order valence-electron chi connectivity index (χ4n) is 1.63. The van der Waals surface area contributed by atoms with E-state index in [9.17, 15) is 4.79 Å². The Hall–Kier alpha value is -1.46. The first kappa shape index (κ1) is 14.9. The van der Waals surface area contributed by atoms with Crippen molar-refractivity contribution in [2.75, 3.05) is 12.3 Å². The minimum Gasteiger partial charge on any atom is -0.355 e. The third-order valence-electron chi connectivity index (χ3n) is 2.63. The Morgan fingerprint density at radius 2 is 2.15 bits per heavy atom. The highest BCUT2D eigenvalue weighted by atomic mass is 35.5. The van der Waals surface area contributed by atoms with Gasteiger partial charge in [0.25, 0.3) is 0 Å². The lowest BCUT2D eigenvalue weighted by Crippen LogP contribution is -2.26. The minimum absolute atomic E-state index is 0.0530. The molecule has 6 heteroatoms. The van der Waals surface area contributed by atoms with Crippen molar-refractivity contribution in [3.63, 3.8) is 0 Å². The third-order valence-corrected chi connectivity index (χ3v) is 3.90. The molecule has 0 radical (unpaired) electrons. The summed E-state index contributed by atoms with van der Waals surface area (Å²) >= 11 is 7.51. The van der Waals surface area contributed by atoms with Crippen molar-refractivity contribution in [2.24, 2.45) is 0 Å². The highest BCUT2D eigenvalue weighted by Crippen LogP contribution is 2.19. The Balaban J connectivity index is 1.58. The first-order valence-corrected chi connectivity index (χ1v) is 7.73. The molecule has 1 N–H and O–H groups in total. The Kier molecular flexibility index (Phi) is 5.95. The Labute approximate surface area is 127 Å². The number of aryl methyl sites for hydroxylation is 1. The van der Waals surface area contributed by atoms with Crippen molar-refractivity contribution >= 4 is 29.3 Å². The number of aromatic nitrogens is 2. The minimum atomic E-state index is 0.0530. The molecule has 1 amide bonds. The fourth-order valence-corrected chi connectivity index (χ4v) is 2.52. The van der Waals surface area contributed by atoms with Gasteiger partial charge in [-0.25, -0.2) is 0 Å². The molecule has 0 spiro atoms. The molecule has 20 heavy (non-hydrogen) atoms. The summed E-state index contributed by atoms with van der Waals surface area (Å²) in [7, 11) is 0. The lowest BCUT2D eigenvalue weighted by atomic mass is 10.4. The van der Waals surface area contributed by atoms with Crippen LogP contribution in [0, 0.1) is 0 Å². The van der Waals surface area contributed by atoms with Gasteiger partial charge in [0, 0.05) is 47.6 Å². The van der Waals surface area contributed by atoms with Crippen molar-refractivity contribution in [2.45, 2.75) is 17.9 Å². The van der Waals surface area contributed by atoms with Gasteiger partial charge in [0.05, 0.1) is 0 Å². The summed E-state index contributed by atoms with van der Waals surface area (Å²) in [5.74, 6) is 0.895. The van der Waals surface area contributed by atoms with Crippen molar-refractivity contribution < 1.29 is 4.79 Å². The van der Waals surface area contributed by atoms with Crippen molar-refractivity contribution in [1.82, 2.24) is 15.1 Å². The van der Waals surface area contributed by atoms with Crippen LogP contribution in [0.3, 0.4) is 0 Å². The monoisotopic (exact) mass is 309 g/mol. The molecule has 0 aliphatic carbocycles. The summed E-state index contributed by atoms with van der Waals surface area (Å²) in [4.78, 5) is 12.8. The standard InChI is InChI=1S/C14H16ClN3OS/c15-12-2-4-13(5-3-12)20-11-8-16-14(19)6-10-18-9-1-7-17-18/h1-5,7,9H,6,8,10-11H2,(H,16,19). The maximum atomic E-state index is 11.6. The number of thioether (sulfide) groups is 1. The largest absolute Gasteiger partial charge is 0.355 e. The molecule has 1 heterocycles. The second kappa shape index (κ2) is 7.97.